The Labute approximate surface area is 113 Å². The van der Waals surface area contributed by atoms with Gasteiger partial charge in [-0.25, -0.2) is 0 Å². The predicted octanol–water partition coefficient (Wildman–Crippen LogP) is 3.40. The van der Waals surface area contributed by atoms with Gasteiger partial charge in [-0.05, 0) is 44.6 Å². The molecule has 0 amide bonds. The van der Waals surface area contributed by atoms with Crippen molar-refractivity contribution in [3.63, 3.8) is 0 Å². The molecule has 0 heterocycles. The molecular formula is C16H32N2. The summed E-state index contributed by atoms with van der Waals surface area (Å²) < 4.78 is 0. The Bertz CT molecular complexity index is 266. The molecule has 0 spiro atoms. The van der Waals surface area contributed by atoms with Crippen molar-refractivity contribution in [3.8, 4) is 0 Å². The second kappa shape index (κ2) is 5.92. The van der Waals surface area contributed by atoms with Crippen LogP contribution in [0.15, 0.2) is 0 Å². The standard InChI is InChI=1S/C16H32N2/c1-4-14-9-7-11-16(14,12-17)18(3)15-10-6-5-8-13(15)2/h13-15H,4-12,17H2,1-3H3. The van der Waals surface area contributed by atoms with Crippen molar-refractivity contribution in [1.82, 2.24) is 4.90 Å². The molecule has 4 atom stereocenters. The minimum Gasteiger partial charge on any atom is -0.329 e. The van der Waals surface area contributed by atoms with Gasteiger partial charge in [0, 0.05) is 18.1 Å². The van der Waals surface area contributed by atoms with Gasteiger partial charge in [-0.1, -0.05) is 39.5 Å². The number of nitrogens with zero attached hydrogens (tertiary/aromatic N) is 1. The predicted molar refractivity (Wildman–Crippen MR) is 78.6 cm³/mol. The van der Waals surface area contributed by atoms with Gasteiger partial charge in [-0.2, -0.15) is 0 Å². The average molecular weight is 252 g/mol. The lowest BCUT2D eigenvalue weighted by Crippen LogP contribution is -2.59. The first-order valence-electron chi connectivity index (χ1n) is 8.08. The van der Waals surface area contributed by atoms with Crippen LogP contribution >= 0.6 is 0 Å². The Kier molecular flexibility index (Phi) is 4.71. The fraction of sp³-hybridized carbons (Fsp3) is 1.00. The van der Waals surface area contributed by atoms with Crippen LogP contribution in [-0.4, -0.2) is 30.1 Å². The van der Waals surface area contributed by atoms with Crippen LogP contribution in [0, 0.1) is 11.8 Å². The van der Waals surface area contributed by atoms with Gasteiger partial charge in [-0.15, -0.1) is 0 Å². The van der Waals surface area contributed by atoms with Crippen molar-refractivity contribution in [2.45, 2.75) is 76.8 Å². The topological polar surface area (TPSA) is 29.3 Å². The quantitative estimate of drug-likeness (QED) is 0.831. The van der Waals surface area contributed by atoms with Gasteiger partial charge in [0.2, 0.25) is 0 Å². The van der Waals surface area contributed by atoms with E-state index in [1.54, 1.807) is 0 Å². The van der Waals surface area contributed by atoms with Crippen LogP contribution in [-0.2, 0) is 0 Å². The van der Waals surface area contributed by atoms with Crippen LogP contribution in [0.25, 0.3) is 0 Å². The summed E-state index contributed by atoms with van der Waals surface area (Å²) in [5, 5.41) is 0. The molecule has 0 aromatic carbocycles. The van der Waals surface area contributed by atoms with Crippen LogP contribution in [0.1, 0.15) is 65.2 Å². The fourth-order valence-corrected chi connectivity index (χ4v) is 4.79. The van der Waals surface area contributed by atoms with Crippen molar-refractivity contribution in [2.24, 2.45) is 17.6 Å². The second-order valence-corrected chi connectivity index (χ2v) is 6.75. The molecule has 106 valence electrons. The molecule has 2 aliphatic carbocycles. The molecule has 0 aromatic rings. The average Bonchev–Trinajstić information content (AvgIpc) is 2.82. The lowest BCUT2D eigenvalue weighted by molar-refractivity contribution is 0.00564. The van der Waals surface area contributed by atoms with Crippen LogP contribution < -0.4 is 5.73 Å². The van der Waals surface area contributed by atoms with Crippen LogP contribution in [0.3, 0.4) is 0 Å². The van der Waals surface area contributed by atoms with E-state index in [4.69, 9.17) is 5.73 Å². The molecule has 0 aliphatic heterocycles. The van der Waals surface area contributed by atoms with Gasteiger partial charge in [0.05, 0.1) is 0 Å². The maximum atomic E-state index is 6.25. The van der Waals surface area contributed by atoms with Crippen molar-refractivity contribution in [3.05, 3.63) is 0 Å². The van der Waals surface area contributed by atoms with E-state index in [0.717, 1.165) is 24.4 Å². The molecule has 0 radical (unpaired) electrons. The lowest BCUT2D eigenvalue weighted by atomic mass is 9.78. The zero-order valence-corrected chi connectivity index (χ0v) is 12.6. The third kappa shape index (κ3) is 2.34. The molecular weight excluding hydrogens is 220 g/mol. The van der Waals surface area contributed by atoms with Gasteiger partial charge in [0.1, 0.15) is 0 Å². The number of hydrogen-bond donors (Lipinski definition) is 1. The summed E-state index contributed by atoms with van der Waals surface area (Å²) in [4.78, 5) is 2.72. The summed E-state index contributed by atoms with van der Waals surface area (Å²) in [5.74, 6) is 1.67. The molecule has 2 nitrogen and oxygen atoms in total. The summed E-state index contributed by atoms with van der Waals surface area (Å²) >= 11 is 0. The summed E-state index contributed by atoms with van der Waals surface area (Å²) in [5.41, 5.74) is 6.56. The molecule has 0 bridgehead atoms. The van der Waals surface area contributed by atoms with E-state index in [0.29, 0.717) is 5.54 Å². The Balaban J connectivity index is 2.15. The normalized spacial score (nSPS) is 41.5. The third-order valence-electron chi connectivity index (χ3n) is 6.03. The molecule has 2 rings (SSSR count). The second-order valence-electron chi connectivity index (χ2n) is 6.75. The molecule has 2 fully saturated rings. The molecule has 2 aliphatic rings. The Morgan fingerprint density at radius 1 is 1.17 bits per heavy atom. The maximum Gasteiger partial charge on any atom is 0.0359 e. The van der Waals surface area contributed by atoms with E-state index < -0.39 is 0 Å². The first kappa shape index (κ1) is 14.3. The van der Waals surface area contributed by atoms with Gasteiger partial charge < -0.3 is 5.73 Å². The number of nitrogens with two attached hydrogens (primary N) is 1. The van der Waals surface area contributed by atoms with Crippen molar-refractivity contribution in [1.29, 1.82) is 0 Å². The van der Waals surface area contributed by atoms with Crippen LogP contribution in [0.5, 0.6) is 0 Å². The minimum atomic E-state index is 0.311. The molecule has 2 saturated carbocycles. The SMILES string of the molecule is CCC1CCCC1(CN)N(C)C1CCCCC1C. The van der Waals surface area contributed by atoms with Crippen molar-refractivity contribution >= 4 is 0 Å². The maximum absolute atomic E-state index is 6.25. The van der Waals surface area contributed by atoms with E-state index in [9.17, 15) is 0 Å². The van der Waals surface area contributed by atoms with Crippen LogP contribution in [0.4, 0.5) is 0 Å². The zero-order chi connectivity index (χ0) is 13.2. The largest absolute Gasteiger partial charge is 0.329 e. The van der Waals surface area contributed by atoms with Crippen LogP contribution in [0.2, 0.25) is 0 Å². The first-order valence-corrected chi connectivity index (χ1v) is 8.08. The summed E-state index contributed by atoms with van der Waals surface area (Å²) in [6.07, 6.45) is 11.0. The highest BCUT2D eigenvalue weighted by molar-refractivity contribution is 5.03. The van der Waals surface area contributed by atoms with Crippen molar-refractivity contribution in [2.75, 3.05) is 13.6 Å². The number of hydrogen-bond acceptors (Lipinski definition) is 2. The Hall–Kier alpha value is -0.0800. The zero-order valence-electron chi connectivity index (χ0n) is 12.6. The van der Waals surface area contributed by atoms with Gasteiger partial charge >= 0.3 is 0 Å². The number of rotatable bonds is 4. The highest BCUT2D eigenvalue weighted by Crippen LogP contribution is 2.44. The molecule has 18 heavy (non-hydrogen) atoms. The Morgan fingerprint density at radius 2 is 1.89 bits per heavy atom. The van der Waals surface area contributed by atoms with Gasteiger partial charge in [-0.3, -0.25) is 4.90 Å². The van der Waals surface area contributed by atoms with Gasteiger partial charge in [0.25, 0.3) is 0 Å². The third-order valence-corrected chi connectivity index (χ3v) is 6.03. The fourth-order valence-electron chi connectivity index (χ4n) is 4.79. The van der Waals surface area contributed by atoms with E-state index in [1.165, 1.54) is 51.4 Å². The molecule has 0 aromatic heterocycles. The Morgan fingerprint density at radius 3 is 2.50 bits per heavy atom. The van der Waals surface area contributed by atoms with E-state index in [2.05, 4.69) is 25.8 Å². The highest BCUT2D eigenvalue weighted by atomic mass is 15.2. The molecule has 0 saturated heterocycles. The smallest absolute Gasteiger partial charge is 0.0359 e. The van der Waals surface area contributed by atoms with E-state index in [-0.39, 0.29) is 0 Å². The van der Waals surface area contributed by atoms with Crippen molar-refractivity contribution < 1.29 is 0 Å². The van der Waals surface area contributed by atoms with E-state index in [1.807, 2.05) is 0 Å². The minimum absolute atomic E-state index is 0.311. The number of likely N-dealkylation sites (N-methyl/N-ethyl adjacent to an activating group) is 1. The monoisotopic (exact) mass is 252 g/mol. The summed E-state index contributed by atoms with van der Waals surface area (Å²) in [6, 6.07) is 0.773. The van der Waals surface area contributed by atoms with Gasteiger partial charge in [0.15, 0.2) is 0 Å². The highest BCUT2D eigenvalue weighted by Gasteiger charge is 2.46. The lowest BCUT2D eigenvalue weighted by Gasteiger charge is -2.49. The molecule has 4 unspecified atom stereocenters. The molecule has 2 N–H and O–H groups in total. The first-order chi connectivity index (χ1) is 8.65. The molecule has 2 heteroatoms. The summed E-state index contributed by atoms with van der Waals surface area (Å²) in [7, 11) is 2.37. The summed E-state index contributed by atoms with van der Waals surface area (Å²) in [6.45, 7) is 5.64. The van der Waals surface area contributed by atoms with E-state index >= 15 is 0 Å².